The number of fused-ring (bicyclic) bond motifs is 1. The highest BCUT2D eigenvalue weighted by Gasteiger charge is 2.27. The van der Waals surface area contributed by atoms with E-state index in [1.165, 1.54) is 12.1 Å². The molecule has 1 atom stereocenters. The molecule has 0 radical (unpaired) electrons. The Morgan fingerprint density at radius 1 is 1.25 bits per heavy atom. The van der Waals surface area contributed by atoms with E-state index in [1.807, 2.05) is 19.1 Å². The van der Waals surface area contributed by atoms with Crippen molar-refractivity contribution in [2.45, 2.75) is 52.6 Å². The molecule has 1 aliphatic rings. The summed E-state index contributed by atoms with van der Waals surface area (Å²) < 4.78 is 25.1. The average molecular weight is 485 g/mol. The van der Waals surface area contributed by atoms with Gasteiger partial charge < -0.3 is 10.6 Å². The largest absolute Gasteiger partial charge is 0.383 e. The second-order valence-electron chi connectivity index (χ2n) is 10.6. The van der Waals surface area contributed by atoms with Gasteiger partial charge in [-0.05, 0) is 60.6 Å². The zero-order valence-corrected chi connectivity index (χ0v) is 20.9. The second-order valence-corrected chi connectivity index (χ2v) is 10.6. The van der Waals surface area contributed by atoms with Crippen LogP contribution in [0, 0.1) is 29.5 Å². The summed E-state index contributed by atoms with van der Waals surface area (Å²) in [7, 11) is 0. The lowest BCUT2D eigenvalue weighted by atomic mass is 9.96. The Kier molecular flexibility index (Phi) is 5.76. The van der Waals surface area contributed by atoms with Gasteiger partial charge in [-0.15, -0.1) is 5.10 Å². The lowest BCUT2D eigenvalue weighted by Crippen LogP contribution is -2.20. The molecule has 2 aromatic heterocycles. The third kappa shape index (κ3) is 5.01. The van der Waals surface area contributed by atoms with Crippen molar-refractivity contribution in [1.82, 2.24) is 20.0 Å². The van der Waals surface area contributed by atoms with Gasteiger partial charge in [0.25, 0.3) is 0 Å². The maximum atomic E-state index is 13.8. The van der Waals surface area contributed by atoms with Crippen molar-refractivity contribution < 1.29 is 5.76 Å². The molecule has 4 aromatic rings. The van der Waals surface area contributed by atoms with Crippen LogP contribution in [0.2, 0.25) is 0 Å². The quantitative estimate of drug-likeness (QED) is 0.327. The maximum Gasteiger partial charge on any atom is 0.123 e. The fourth-order valence-corrected chi connectivity index (χ4v) is 4.13. The zero-order chi connectivity index (χ0) is 26.4. The van der Waals surface area contributed by atoms with Gasteiger partial charge in [0.15, 0.2) is 0 Å². The Morgan fingerprint density at radius 2 is 2.00 bits per heavy atom. The van der Waals surface area contributed by atoms with Crippen LogP contribution in [0.15, 0.2) is 48.8 Å². The molecule has 0 spiro atoms. The number of rotatable bonds is 7. The number of nitrogens with zero attached hydrogens (tertiary/aromatic N) is 5. The van der Waals surface area contributed by atoms with Gasteiger partial charge in [-0.2, -0.15) is 5.26 Å². The van der Waals surface area contributed by atoms with Crippen LogP contribution in [0.25, 0.3) is 10.9 Å². The lowest BCUT2D eigenvalue weighted by molar-refractivity contribution is 0.443. The molecular formula is C28H30FN7. The molecule has 36 heavy (non-hydrogen) atoms. The minimum absolute atomic E-state index is 0.000473. The van der Waals surface area contributed by atoms with Crippen LogP contribution in [0.4, 0.5) is 15.8 Å². The summed E-state index contributed by atoms with van der Waals surface area (Å²) in [5.41, 5.74) is 4.44. The van der Waals surface area contributed by atoms with E-state index in [0.29, 0.717) is 40.8 Å². The first kappa shape index (κ1) is 22.5. The third-order valence-corrected chi connectivity index (χ3v) is 6.17. The second kappa shape index (κ2) is 9.23. The molecule has 1 aliphatic carbocycles. The van der Waals surface area contributed by atoms with Gasteiger partial charge in [0.2, 0.25) is 0 Å². The van der Waals surface area contributed by atoms with Crippen molar-refractivity contribution in [2.24, 2.45) is 5.41 Å². The maximum absolute atomic E-state index is 13.8. The molecule has 8 heteroatoms. The van der Waals surface area contributed by atoms with Crippen molar-refractivity contribution >= 4 is 22.3 Å². The van der Waals surface area contributed by atoms with Crippen molar-refractivity contribution in [3.8, 4) is 6.07 Å². The topological polar surface area (TPSA) is 91.5 Å². The van der Waals surface area contributed by atoms with Gasteiger partial charge in [0, 0.05) is 23.8 Å². The van der Waals surface area contributed by atoms with Crippen LogP contribution in [-0.4, -0.2) is 26.5 Å². The van der Waals surface area contributed by atoms with Gasteiger partial charge >= 0.3 is 0 Å². The van der Waals surface area contributed by atoms with Crippen molar-refractivity contribution in [3.05, 3.63) is 77.0 Å². The molecule has 5 rings (SSSR count). The zero-order valence-electron chi connectivity index (χ0n) is 21.9. The predicted molar refractivity (Wildman–Crippen MR) is 139 cm³/mol. The van der Waals surface area contributed by atoms with E-state index >= 15 is 0 Å². The molecule has 1 fully saturated rings. The highest BCUT2D eigenvalue weighted by atomic mass is 19.1. The molecule has 7 nitrogen and oxygen atoms in total. The summed E-state index contributed by atoms with van der Waals surface area (Å²) >= 11 is 0. The number of hydrogen-bond donors (Lipinski definition) is 2. The van der Waals surface area contributed by atoms with Gasteiger partial charge in [0.05, 0.1) is 36.4 Å². The Balaban J connectivity index is 1.62. The molecule has 0 bridgehead atoms. The van der Waals surface area contributed by atoms with E-state index in [-0.39, 0.29) is 11.2 Å². The summed E-state index contributed by atoms with van der Waals surface area (Å²) in [6.45, 7) is 8.99. The number of benzene rings is 2. The minimum atomic E-state index is -1.53. The minimum Gasteiger partial charge on any atom is -0.383 e. The smallest absolute Gasteiger partial charge is 0.123 e. The molecule has 184 valence electrons. The summed E-state index contributed by atoms with van der Waals surface area (Å²) in [5, 5.41) is 25.9. The number of anilines is 2. The van der Waals surface area contributed by atoms with E-state index in [4.69, 9.17) is 0 Å². The molecule has 0 amide bonds. The van der Waals surface area contributed by atoms with E-state index in [9.17, 15) is 11.0 Å². The number of nitrogens with one attached hydrogen (secondary N) is 2. The number of aromatic nitrogens is 4. The van der Waals surface area contributed by atoms with Gasteiger partial charge in [0.1, 0.15) is 17.6 Å². The first-order chi connectivity index (χ1) is 17.6. The SMILES string of the molecule is [2H][C@](Nc1cc(C)c2ncc(C#N)c(NCC(C)(C)C)c2c1)(c1ccc(F)cc1)c1cn(C2CC2)nn1. The van der Waals surface area contributed by atoms with Crippen molar-refractivity contribution in [2.75, 3.05) is 17.2 Å². The van der Waals surface area contributed by atoms with Crippen LogP contribution in [0.3, 0.4) is 0 Å². The summed E-state index contributed by atoms with van der Waals surface area (Å²) in [6, 6.07) is 10.7. The Hall–Kier alpha value is -3.99. The first-order valence-electron chi connectivity index (χ1n) is 12.6. The molecule has 0 aliphatic heterocycles. The van der Waals surface area contributed by atoms with Crippen molar-refractivity contribution in [3.63, 3.8) is 0 Å². The van der Waals surface area contributed by atoms with E-state index in [0.717, 1.165) is 29.3 Å². The number of halogens is 1. The molecule has 2 heterocycles. The molecule has 0 saturated heterocycles. The van der Waals surface area contributed by atoms with E-state index in [2.05, 4.69) is 52.8 Å². The highest BCUT2D eigenvalue weighted by molar-refractivity contribution is 5.97. The average Bonchev–Trinajstić information content (AvgIpc) is 3.58. The van der Waals surface area contributed by atoms with Crippen LogP contribution in [-0.2, 0) is 0 Å². The predicted octanol–water partition coefficient (Wildman–Crippen LogP) is 6.14. The van der Waals surface area contributed by atoms with E-state index < -0.39 is 6.02 Å². The van der Waals surface area contributed by atoms with Crippen LogP contribution in [0.1, 0.15) is 69.4 Å². The Labute approximate surface area is 211 Å². The van der Waals surface area contributed by atoms with Gasteiger partial charge in [-0.1, -0.05) is 38.1 Å². The number of pyridine rings is 1. The van der Waals surface area contributed by atoms with Crippen LogP contribution >= 0.6 is 0 Å². The Morgan fingerprint density at radius 3 is 2.67 bits per heavy atom. The molecule has 0 unspecified atom stereocenters. The summed E-state index contributed by atoms with van der Waals surface area (Å²) in [4.78, 5) is 4.55. The van der Waals surface area contributed by atoms with Gasteiger partial charge in [-0.3, -0.25) is 4.98 Å². The number of aryl methyl sites for hydroxylation is 1. The lowest BCUT2D eigenvalue weighted by Gasteiger charge is -2.22. The normalized spacial score (nSPS) is 15.7. The third-order valence-electron chi connectivity index (χ3n) is 6.17. The number of nitriles is 1. The Bertz CT molecular complexity index is 1500. The molecule has 2 N–H and O–H groups in total. The monoisotopic (exact) mass is 484 g/mol. The standard InChI is InChI=1S/C28H30FN7/c1-17-11-21(12-23-25(17)31-14-19(13-30)26(23)32-16-28(2,3)4)33-27(18-5-7-20(29)8-6-18)24-15-36(35-34-24)22-9-10-22/h5-8,11-12,14-15,22,27,33H,9-10,16H2,1-4H3,(H,31,32)/t27-/m0/s1/i27D. The number of hydrogen-bond acceptors (Lipinski definition) is 6. The van der Waals surface area contributed by atoms with Crippen LogP contribution < -0.4 is 10.6 Å². The summed E-state index contributed by atoms with van der Waals surface area (Å²) in [5.74, 6) is -0.376. The molecule has 2 aromatic carbocycles. The fraction of sp³-hybridized carbons (Fsp3) is 0.357. The molecular weight excluding hydrogens is 453 g/mol. The molecule has 1 saturated carbocycles. The van der Waals surface area contributed by atoms with Gasteiger partial charge in [-0.25, -0.2) is 9.07 Å². The summed E-state index contributed by atoms with van der Waals surface area (Å²) in [6.07, 6.45) is 5.47. The highest BCUT2D eigenvalue weighted by Crippen LogP contribution is 2.36. The first-order valence-corrected chi connectivity index (χ1v) is 12.1. The van der Waals surface area contributed by atoms with E-state index in [1.54, 1.807) is 29.2 Å². The van der Waals surface area contributed by atoms with Crippen molar-refractivity contribution in [1.29, 1.82) is 5.26 Å². The fourth-order valence-electron chi connectivity index (χ4n) is 4.13. The van der Waals surface area contributed by atoms with Crippen LogP contribution in [0.5, 0.6) is 0 Å².